The molecule has 0 radical (unpaired) electrons. The summed E-state index contributed by atoms with van der Waals surface area (Å²) in [5.74, 6) is 1.58. The third kappa shape index (κ3) is 2.19. The van der Waals surface area contributed by atoms with Gasteiger partial charge in [-0.25, -0.2) is 4.39 Å². The van der Waals surface area contributed by atoms with E-state index < -0.39 is 0 Å². The second-order valence-electron chi connectivity index (χ2n) is 5.79. The molecular weight excluding hydrogens is 269 g/mol. The Morgan fingerprint density at radius 3 is 3.05 bits per heavy atom. The first-order valence-corrected chi connectivity index (χ1v) is 7.47. The lowest BCUT2D eigenvalue weighted by Gasteiger charge is -2.36. The van der Waals surface area contributed by atoms with E-state index in [1.807, 2.05) is 0 Å². The van der Waals surface area contributed by atoms with Crippen LogP contribution in [0.3, 0.4) is 0 Å². The SMILES string of the molecule is Fc1ccccc1-c1nc(N2CCCC3CNCC32)n[nH]1. The highest BCUT2D eigenvalue weighted by molar-refractivity contribution is 5.57. The molecule has 21 heavy (non-hydrogen) atoms. The molecule has 2 atom stereocenters. The first kappa shape index (κ1) is 12.8. The van der Waals surface area contributed by atoms with Gasteiger partial charge in [-0.15, -0.1) is 5.10 Å². The first-order chi connectivity index (χ1) is 10.3. The molecule has 2 N–H and O–H groups in total. The zero-order chi connectivity index (χ0) is 14.2. The van der Waals surface area contributed by atoms with Crippen molar-refractivity contribution in [2.45, 2.75) is 18.9 Å². The highest BCUT2D eigenvalue weighted by Gasteiger charge is 2.36. The molecule has 1 aromatic heterocycles. The Labute approximate surface area is 122 Å². The van der Waals surface area contributed by atoms with E-state index >= 15 is 0 Å². The fourth-order valence-electron chi connectivity index (χ4n) is 3.47. The van der Waals surface area contributed by atoms with Crippen molar-refractivity contribution in [1.82, 2.24) is 20.5 Å². The maximum atomic E-state index is 13.8. The van der Waals surface area contributed by atoms with Crippen LogP contribution in [-0.2, 0) is 0 Å². The summed E-state index contributed by atoms with van der Waals surface area (Å²) in [6.45, 7) is 3.03. The number of nitrogens with one attached hydrogen (secondary N) is 2. The summed E-state index contributed by atoms with van der Waals surface area (Å²) >= 11 is 0. The Hall–Kier alpha value is -1.95. The van der Waals surface area contributed by atoms with Crippen LogP contribution in [0.4, 0.5) is 10.3 Å². The lowest BCUT2D eigenvalue weighted by atomic mass is 9.92. The number of rotatable bonds is 2. The Balaban J connectivity index is 1.64. The molecule has 2 saturated heterocycles. The highest BCUT2D eigenvalue weighted by Crippen LogP contribution is 2.30. The molecule has 3 heterocycles. The molecule has 0 spiro atoms. The third-order valence-corrected chi connectivity index (χ3v) is 4.54. The number of piperidine rings is 1. The molecule has 4 rings (SSSR count). The average Bonchev–Trinajstić information content (AvgIpc) is 3.16. The van der Waals surface area contributed by atoms with Gasteiger partial charge in [0.05, 0.1) is 5.56 Å². The molecular formula is C15H18FN5. The maximum Gasteiger partial charge on any atom is 0.245 e. The topological polar surface area (TPSA) is 56.8 Å². The van der Waals surface area contributed by atoms with E-state index in [4.69, 9.17) is 0 Å². The van der Waals surface area contributed by atoms with Crippen LogP contribution in [-0.4, -0.2) is 40.9 Å². The van der Waals surface area contributed by atoms with Crippen molar-refractivity contribution < 1.29 is 4.39 Å². The van der Waals surface area contributed by atoms with Crippen molar-refractivity contribution in [3.63, 3.8) is 0 Å². The average molecular weight is 287 g/mol. The summed E-state index contributed by atoms with van der Waals surface area (Å²) < 4.78 is 13.8. The number of nitrogens with zero attached hydrogens (tertiary/aromatic N) is 3. The van der Waals surface area contributed by atoms with E-state index in [-0.39, 0.29) is 5.82 Å². The van der Waals surface area contributed by atoms with Gasteiger partial charge in [0, 0.05) is 25.7 Å². The van der Waals surface area contributed by atoms with E-state index in [1.54, 1.807) is 18.2 Å². The smallest absolute Gasteiger partial charge is 0.245 e. The second kappa shape index (κ2) is 5.11. The van der Waals surface area contributed by atoms with Gasteiger partial charge < -0.3 is 10.2 Å². The van der Waals surface area contributed by atoms with Gasteiger partial charge in [-0.2, -0.15) is 4.98 Å². The van der Waals surface area contributed by atoms with Gasteiger partial charge in [0.15, 0.2) is 5.82 Å². The largest absolute Gasteiger partial charge is 0.335 e. The number of benzene rings is 1. The molecule has 2 aliphatic rings. The summed E-state index contributed by atoms with van der Waals surface area (Å²) in [4.78, 5) is 6.78. The minimum atomic E-state index is -0.278. The molecule has 0 saturated carbocycles. The van der Waals surface area contributed by atoms with E-state index in [2.05, 4.69) is 25.4 Å². The number of H-pyrrole nitrogens is 1. The van der Waals surface area contributed by atoms with Gasteiger partial charge in [-0.1, -0.05) is 12.1 Å². The molecule has 6 heteroatoms. The number of aromatic amines is 1. The molecule has 2 unspecified atom stereocenters. The minimum Gasteiger partial charge on any atom is -0.335 e. The third-order valence-electron chi connectivity index (χ3n) is 4.54. The molecule has 110 valence electrons. The van der Waals surface area contributed by atoms with Crippen molar-refractivity contribution >= 4 is 5.95 Å². The van der Waals surface area contributed by atoms with Crippen LogP contribution in [0.1, 0.15) is 12.8 Å². The molecule has 0 amide bonds. The number of halogens is 1. The lowest BCUT2D eigenvalue weighted by molar-refractivity contribution is 0.381. The number of fused-ring (bicyclic) bond motifs is 1. The summed E-state index contributed by atoms with van der Waals surface area (Å²) in [5, 5.41) is 10.6. The van der Waals surface area contributed by atoms with Gasteiger partial charge in [0.2, 0.25) is 5.95 Å². The summed E-state index contributed by atoms with van der Waals surface area (Å²) in [7, 11) is 0. The lowest BCUT2D eigenvalue weighted by Crippen LogP contribution is -2.45. The molecule has 2 aromatic rings. The van der Waals surface area contributed by atoms with E-state index in [0.717, 1.165) is 26.1 Å². The van der Waals surface area contributed by atoms with Crippen LogP contribution in [0.15, 0.2) is 24.3 Å². The van der Waals surface area contributed by atoms with Crippen LogP contribution in [0.2, 0.25) is 0 Å². The van der Waals surface area contributed by atoms with Crippen LogP contribution in [0.5, 0.6) is 0 Å². The predicted octanol–water partition coefficient (Wildman–Crippen LogP) is 1.80. The normalized spacial score (nSPS) is 25.1. The van der Waals surface area contributed by atoms with Gasteiger partial charge in [0.25, 0.3) is 0 Å². The Morgan fingerprint density at radius 2 is 2.14 bits per heavy atom. The Bertz CT molecular complexity index is 640. The predicted molar refractivity (Wildman–Crippen MR) is 78.5 cm³/mol. The van der Waals surface area contributed by atoms with Gasteiger partial charge in [-0.3, -0.25) is 5.10 Å². The monoisotopic (exact) mass is 287 g/mol. The van der Waals surface area contributed by atoms with Crippen molar-refractivity contribution in [3.8, 4) is 11.4 Å². The molecule has 1 aromatic carbocycles. The van der Waals surface area contributed by atoms with Crippen LogP contribution < -0.4 is 10.2 Å². The standard InChI is InChI=1S/C15H18FN5/c16-12-6-2-1-5-11(12)14-18-15(20-19-14)21-7-3-4-10-8-17-9-13(10)21/h1-2,5-6,10,13,17H,3-4,7-9H2,(H,18,19,20). The van der Waals surface area contributed by atoms with Crippen LogP contribution in [0.25, 0.3) is 11.4 Å². The van der Waals surface area contributed by atoms with Gasteiger partial charge in [0.1, 0.15) is 5.82 Å². The molecule has 2 aliphatic heterocycles. The minimum absolute atomic E-state index is 0.278. The number of hydrogen-bond donors (Lipinski definition) is 2. The highest BCUT2D eigenvalue weighted by atomic mass is 19.1. The number of hydrogen-bond acceptors (Lipinski definition) is 4. The Morgan fingerprint density at radius 1 is 1.24 bits per heavy atom. The summed E-state index contributed by atoms with van der Waals surface area (Å²) in [6, 6.07) is 7.10. The first-order valence-electron chi connectivity index (χ1n) is 7.47. The summed E-state index contributed by atoms with van der Waals surface area (Å²) in [6.07, 6.45) is 2.42. The quantitative estimate of drug-likeness (QED) is 0.884. The zero-order valence-corrected chi connectivity index (χ0v) is 11.7. The summed E-state index contributed by atoms with van der Waals surface area (Å²) in [5.41, 5.74) is 0.467. The Kier molecular flexibility index (Phi) is 3.11. The van der Waals surface area contributed by atoms with Crippen molar-refractivity contribution in [1.29, 1.82) is 0 Å². The molecule has 5 nitrogen and oxygen atoms in total. The van der Waals surface area contributed by atoms with Crippen LogP contribution >= 0.6 is 0 Å². The zero-order valence-electron chi connectivity index (χ0n) is 11.7. The second-order valence-corrected chi connectivity index (χ2v) is 5.79. The number of aromatic nitrogens is 3. The van der Waals surface area contributed by atoms with E-state index in [1.165, 1.54) is 12.5 Å². The van der Waals surface area contributed by atoms with Crippen molar-refractivity contribution in [2.75, 3.05) is 24.5 Å². The molecule has 0 aliphatic carbocycles. The fourth-order valence-corrected chi connectivity index (χ4v) is 3.47. The maximum absolute atomic E-state index is 13.8. The van der Waals surface area contributed by atoms with E-state index in [9.17, 15) is 4.39 Å². The van der Waals surface area contributed by atoms with E-state index in [0.29, 0.717) is 29.3 Å². The van der Waals surface area contributed by atoms with Gasteiger partial charge in [-0.05, 0) is 30.9 Å². The van der Waals surface area contributed by atoms with Gasteiger partial charge >= 0.3 is 0 Å². The van der Waals surface area contributed by atoms with Crippen LogP contribution in [0, 0.1) is 11.7 Å². The fraction of sp³-hybridized carbons (Fsp3) is 0.467. The molecule has 0 bridgehead atoms. The number of anilines is 1. The van der Waals surface area contributed by atoms with Crippen molar-refractivity contribution in [3.05, 3.63) is 30.1 Å². The molecule has 2 fully saturated rings. The van der Waals surface area contributed by atoms with Crippen molar-refractivity contribution in [2.24, 2.45) is 5.92 Å².